The van der Waals surface area contributed by atoms with E-state index in [1.165, 1.54) is 31.5 Å². The predicted molar refractivity (Wildman–Crippen MR) is 121 cm³/mol. The topological polar surface area (TPSA) is 82.6 Å². The largest absolute Gasteiger partial charge is 0.371 e. The number of amides is 1. The van der Waals surface area contributed by atoms with Gasteiger partial charge in [-0.1, -0.05) is 23.5 Å². The van der Waals surface area contributed by atoms with Crippen LogP contribution in [-0.4, -0.2) is 50.8 Å². The SMILES string of the molecule is CN(C)S(=O)(=O)c1ccc(N2CCCCC2)c(C(=O)Nc2nc3ccccc3s2)c1. The number of carbonyl (C=O) groups excluding carboxylic acids is 1. The first-order valence-corrected chi connectivity index (χ1v) is 12.1. The molecule has 1 amide bonds. The molecule has 1 aliphatic rings. The van der Waals surface area contributed by atoms with Crippen molar-refractivity contribution in [2.75, 3.05) is 37.4 Å². The molecule has 0 spiro atoms. The van der Waals surface area contributed by atoms with E-state index in [2.05, 4.69) is 15.2 Å². The maximum absolute atomic E-state index is 13.2. The number of nitrogens with zero attached hydrogens (tertiary/aromatic N) is 3. The zero-order chi connectivity index (χ0) is 21.3. The molecule has 1 aliphatic heterocycles. The Morgan fingerprint density at radius 2 is 1.83 bits per heavy atom. The van der Waals surface area contributed by atoms with Gasteiger partial charge in [0.1, 0.15) is 0 Å². The number of thiazole rings is 1. The van der Waals surface area contributed by atoms with Gasteiger partial charge in [0.25, 0.3) is 5.91 Å². The number of fused-ring (bicyclic) bond motifs is 1. The molecule has 9 heteroatoms. The van der Waals surface area contributed by atoms with Crippen molar-refractivity contribution in [3.63, 3.8) is 0 Å². The van der Waals surface area contributed by atoms with Crippen molar-refractivity contribution in [1.29, 1.82) is 0 Å². The van der Waals surface area contributed by atoms with Crippen LogP contribution >= 0.6 is 11.3 Å². The lowest BCUT2D eigenvalue weighted by atomic mass is 10.1. The van der Waals surface area contributed by atoms with E-state index in [4.69, 9.17) is 0 Å². The first-order chi connectivity index (χ1) is 14.4. The highest BCUT2D eigenvalue weighted by molar-refractivity contribution is 7.89. The summed E-state index contributed by atoms with van der Waals surface area (Å²) in [5.41, 5.74) is 1.92. The first kappa shape index (κ1) is 20.8. The van der Waals surface area contributed by atoms with E-state index in [9.17, 15) is 13.2 Å². The van der Waals surface area contributed by atoms with Gasteiger partial charge >= 0.3 is 0 Å². The van der Waals surface area contributed by atoms with Gasteiger partial charge in [0.15, 0.2) is 5.13 Å². The highest BCUT2D eigenvalue weighted by atomic mass is 32.2. The minimum Gasteiger partial charge on any atom is -0.371 e. The minimum atomic E-state index is -3.65. The van der Waals surface area contributed by atoms with E-state index in [1.807, 2.05) is 24.3 Å². The number of benzene rings is 2. The van der Waals surface area contributed by atoms with Crippen LogP contribution in [-0.2, 0) is 10.0 Å². The number of hydrogen-bond donors (Lipinski definition) is 1. The van der Waals surface area contributed by atoms with Crippen molar-refractivity contribution in [1.82, 2.24) is 9.29 Å². The van der Waals surface area contributed by atoms with Crippen LogP contribution in [0.5, 0.6) is 0 Å². The molecule has 1 fully saturated rings. The molecule has 0 aliphatic carbocycles. The summed E-state index contributed by atoms with van der Waals surface area (Å²) >= 11 is 1.39. The Morgan fingerprint density at radius 1 is 1.10 bits per heavy atom. The summed E-state index contributed by atoms with van der Waals surface area (Å²) in [6.45, 7) is 1.70. The van der Waals surface area contributed by atoms with Gasteiger partial charge in [-0.25, -0.2) is 17.7 Å². The number of para-hydroxylation sites is 1. The molecule has 1 saturated heterocycles. The molecule has 0 radical (unpaired) electrons. The van der Waals surface area contributed by atoms with E-state index in [0.29, 0.717) is 10.7 Å². The highest BCUT2D eigenvalue weighted by Gasteiger charge is 2.24. The standard InChI is InChI=1S/C21H24N4O3S2/c1-24(2)30(27,28)15-10-11-18(25-12-6-3-7-13-25)16(14-15)20(26)23-21-22-17-8-4-5-9-19(17)29-21/h4-5,8-11,14H,3,6-7,12-13H2,1-2H3,(H,22,23,26). The summed E-state index contributed by atoms with van der Waals surface area (Å²) in [5.74, 6) is -0.356. The maximum Gasteiger partial charge on any atom is 0.259 e. The van der Waals surface area contributed by atoms with Gasteiger partial charge in [-0.2, -0.15) is 0 Å². The molecular weight excluding hydrogens is 420 g/mol. The molecule has 1 aromatic heterocycles. The van der Waals surface area contributed by atoms with E-state index in [1.54, 1.807) is 12.1 Å². The zero-order valence-electron chi connectivity index (χ0n) is 17.0. The molecule has 2 heterocycles. The lowest BCUT2D eigenvalue weighted by Gasteiger charge is -2.30. The molecule has 0 saturated carbocycles. The van der Waals surface area contributed by atoms with Gasteiger partial charge in [0.05, 0.1) is 20.7 Å². The Labute approximate surface area is 180 Å². The average molecular weight is 445 g/mol. The number of carbonyl (C=O) groups is 1. The van der Waals surface area contributed by atoms with Gasteiger partial charge in [-0.3, -0.25) is 10.1 Å². The normalized spacial score (nSPS) is 15.0. The van der Waals surface area contributed by atoms with E-state index in [-0.39, 0.29) is 10.8 Å². The van der Waals surface area contributed by atoms with Crippen LogP contribution in [0.15, 0.2) is 47.4 Å². The molecule has 2 aromatic carbocycles. The van der Waals surface area contributed by atoms with Crippen LogP contribution in [0.1, 0.15) is 29.6 Å². The Bertz CT molecular complexity index is 1150. The van der Waals surface area contributed by atoms with E-state index < -0.39 is 10.0 Å². The lowest BCUT2D eigenvalue weighted by molar-refractivity contribution is 0.102. The predicted octanol–water partition coefficient (Wildman–Crippen LogP) is 3.79. The van der Waals surface area contributed by atoms with Crippen molar-refractivity contribution in [3.8, 4) is 0 Å². The van der Waals surface area contributed by atoms with Crippen molar-refractivity contribution >= 4 is 48.3 Å². The van der Waals surface area contributed by atoms with Crippen molar-refractivity contribution in [2.45, 2.75) is 24.2 Å². The number of aromatic nitrogens is 1. The Morgan fingerprint density at radius 3 is 2.53 bits per heavy atom. The Hall–Kier alpha value is -2.49. The second kappa shape index (κ2) is 8.33. The summed E-state index contributed by atoms with van der Waals surface area (Å²) in [5, 5.41) is 3.36. The summed E-state index contributed by atoms with van der Waals surface area (Å²) in [7, 11) is -0.690. The Balaban J connectivity index is 1.72. The third kappa shape index (κ3) is 4.05. The molecule has 158 valence electrons. The molecule has 4 rings (SSSR count). The number of piperidine rings is 1. The number of nitrogens with one attached hydrogen (secondary N) is 1. The van der Waals surface area contributed by atoms with Crippen LogP contribution in [0.2, 0.25) is 0 Å². The number of anilines is 2. The minimum absolute atomic E-state index is 0.0997. The van der Waals surface area contributed by atoms with Gasteiger partial charge in [-0.15, -0.1) is 0 Å². The van der Waals surface area contributed by atoms with Crippen LogP contribution in [0.25, 0.3) is 10.2 Å². The molecular formula is C21H24N4O3S2. The van der Waals surface area contributed by atoms with Gasteiger partial charge in [0, 0.05) is 32.9 Å². The van der Waals surface area contributed by atoms with Crippen LogP contribution in [0, 0.1) is 0 Å². The molecule has 0 atom stereocenters. The maximum atomic E-state index is 13.2. The molecule has 7 nitrogen and oxygen atoms in total. The summed E-state index contributed by atoms with van der Waals surface area (Å²) in [6, 6.07) is 12.5. The fourth-order valence-electron chi connectivity index (χ4n) is 3.57. The molecule has 0 bridgehead atoms. The van der Waals surface area contributed by atoms with Gasteiger partial charge in [0.2, 0.25) is 10.0 Å². The second-order valence-electron chi connectivity index (χ2n) is 7.45. The third-order valence-corrected chi connectivity index (χ3v) is 7.97. The zero-order valence-corrected chi connectivity index (χ0v) is 18.6. The summed E-state index contributed by atoms with van der Waals surface area (Å²) < 4.78 is 27.4. The second-order valence-corrected chi connectivity index (χ2v) is 10.6. The lowest BCUT2D eigenvalue weighted by Crippen LogP contribution is -2.32. The van der Waals surface area contributed by atoms with Crippen molar-refractivity contribution in [3.05, 3.63) is 48.0 Å². The fourth-order valence-corrected chi connectivity index (χ4v) is 5.36. The summed E-state index contributed by atoms with van der Waals surface area (Å²) in [4.78, 5) is 19.9. The van der Waals surface area contributed by atoms with Crippen molar-refractivity contribution < 1.29 is 13.2 Å². The smallest absolute Gasteiger partial charge is 0.259 e. The van der Waals surface area contributed by atoms with E-state index >= 15 is 0 Å². The van der Waals surface area contributed by atoms with E-state index in [0.717, 1.165) is 52.6 Å². The third-order valence-electron chi connectivity index (χ3n) is 5.20. The summed E-state index contributed by atoms with van der Waals surface area (Å²) in [6.07, 6.45) is 3.27. The van der Waals surface area contributed by atoms with Crippen LogP contribution < -0.4 is 10.2 Å². The fraction of sp³-hybridized carbons (Fsp3) is 0.333. The Kier molecular flexibility index (Phi) is 5.77. The molecule has 0 unspecified atom stereocenters. The molecule has 3 aromatic rings. The van der Waals surface area contributed by atoms with Gasteiger partial charge in [-0.05, 0) is 49.6 Å². The van der Waals surface area contributed by atoms with Crippen molar-refractivity contribution in [2.24, 2.45) is 0 Å². The highest BCUT2D eigenvalue weighted by Crippen LogP contribution is 2.30. The molecule has 30 heavy (non-hydrogen) atoms. The molecule has 1 N–H and O–H groups in total. The number of sulfonamides is 1. The van der Waals surface area contributed by atoms with Gasteiger partial charge < -0.3 is 4.90 Å². The average Bonchev–Trinajstić information content (AvgIpc) is 3.16. The van der Waals surface area contributed by atoms with Crippen LogP contribution in [0.3, 0.4) is 0 Å². The number of hydrogen-bond acceptors (Lipinski definition) is 6. The monoisotopic (exact) mass is 444 g/mol. The number of rotatable bonds is 5. The van der Waals surface area contributed by atoms with Crippen LogP contribution in [0.4, 0.5) is 10.8 Å². The quantitative estimate of drug-likeness (QED) is 0.647. The first-order valence-electron chi connectivity index (χ1n) is 9.85.